The summed E-state index contributed by atoms with van der Waals surface area (Å²) in [7, 11) is 3.78. The maximum atomic E-state index is 13.3. The summed E-state index contributed by atoms with van der Waals surface area (Å²) >= 11 is 0. The normalized spacial score (nSPS) is 15.3. The molecule has 1 atom stereocenters. The molecule has 1 fully saturated rings. The molecule has 1 aliphatic carbocycles. The third kappa shape index (κ3) is 3.79. The highest BCUT2D eigenvalue weighted by Crippen LogP contribution is 2.29. The van der Waals surface area contributed by atoms with E-state index in [1.54, 1.807) is 24.5 Å². The Hall–Kier alpha value is -2.27. The number of nitrogens with zero attached hydrogens (tertiary/aromatic N) is 3. The first kappa shape index (κ1) is 16.6. The van der Waals surface area contributed by atoms with Crippen molar-refractivity contribution in [3.05, 3.63) is 65.7 Å². The summed E-state index contributed by atoms with van der Waals surface area (Å²) in [5.41, 5.74) is 1.92. The van der Waals surface area contributed by atoms with Gasteiger partial charge in [0, 0.05) is 25.5 Å². The molecule has 0 radical (unpaired) electrons. The molecular weight excluding hydrogens is 305 g/mol. The summed E-state index contributed by atoms with van der Waals surface area (Å²) in [5.74, 6) is -0.160. The summed E-state index contributed by atoms with van der Waals surface area (Å²) in [4.78, 5) is 20.5. The first-order valence-electron chi connectivity index (χ1n) is 8.17. The molecule has 3 rings (SSSR count). The van der Waals surface area contributed by atoms with Gasteiger partial charge in [-0.25, -0.2) is 4.39 Å². The van der Waals surface area contributed by atoms with Crippen LogP contribution in [0.15, 0.2) is 48.8 Å². The van der Waals surface area contributed by atoms with Gasteiger partial charge in [0.2, 0.25) is 5.91 Å². The van der Waals surface area contributed by atoms with Crippen LogP contribution >= 0.6 is 0 Å². The number of rotatable bonds is 6. The molecule has 5 heteroatoms. The number of carbonyl (C=O) groups excluding carboxylic acids is 1. The van der Waals surface area contributed by atoms with E-state index in [-0.39, 0.29) is 17.8 Å². The molecule has 1 aromatic heterocycles. The number of halogens is 1. The Labute approximate surface area is 141 Å². The van der Waals surface area contributed by atoms with E-state index in [9.17, 15) is 9.18 Å². The molecule has 1 aromatic carbocycles. The molecule has 126 valence electrons. The number of hydrogen-bond donors (Lipinski definition) is 0. The fraction of sp³-hybridized carbons (Fsp3) is 0.368. The molecule has 0 spiro atoms. The average Bonchev–Trinajstić information content (AvgIpc) is 3.42. The van der Waals surface area contributed by atoms with Gasteiger partial charge in [0.05, 0.1) is 12.6 Å². The minimum atomic E-state index is -0.268. The van der Waals surface area contributed by atoms with Crippen LogP contribution in [0.4, 0.5) is 4.39 Å². The minimum Gasteiger partial charge on any atom is -0.342 e. The van der Waals surface area contributed by atoms with E-state index < -0.39 is 0 Å². The number of amides is 1. The molecule has 1 amide bonds. The van der Waals surface area contributed by atoms with Crippen LogP contribution in [-0.2, 0) is 4.79 Å². The molecule has 1 aliphatic rings. The standard InChI is InChI=1S/C19H22FN3O/c1-22(13-18(24)23(2)17-9-10-17)19(15-4-3-11-21-12-15)14-5-7-16(20)8-6-14/h3-8,11-12,17,19H,9-10,13H2,1-2H3. The number of benzene rings is 1. The molecule has 1 saturated carbocycles. The maximum Gasteiger partial charge on any atom is 0.236 e. The van der Waals surface area contributed by atoms with Gasteiger partial charge in [-0.15, -0.1) is 0 Å². The lowest BCUT2D eigenvalue weighted by atomic mass is 9.98. The highest BCUT2D eigenvalue weighted by molar-refractivity contribution is 5.78. The summed E-state index contributed by atoms with van der Waals surface area (Å²) in [6, 6.07) is 10.5. The number of pyridine rings is 1. The second-order valence-corrected chi connectivity index (χ2v) is 6.39. The van der Waals surface area contributed by atoms with Crippen LogP contribution in [0.5, 0.6) is 0 Å². The van der Waals surface area contributed by atoms with Crippen LogP contribution < -0.4 is 0 Å². The first-order chi connectivity index (χ1) is 11.6. The highest BCUT2D eigenvalue weighted by atomic mass is 19.1. The Morgan fingerprint density at radius 1 is 1.21 bits per heavy atom. The van der Waals surface area contributed by atoms with Crippen molar-refractivity contribution in [2.75, 3.05) is 20.6 Å². The van der Waals surface area contributed by atoms with E-state index in [4.69, 9.17) is 0 Å². The van der Waals surface area contributed by atoms with Crippen LogP contribution in [0, 0.1) is 5.82 Å². The molecular formula is C19H22FN3O. The number of carbonyl (C=O) groups is 1. The van der Waals surface area contributed by atoms with E-state index in [1.807, 2.05) is 36.0 Å². The van der Waals surface area contributed by atoms with Crippen molar-refractivity contribution in [1.82, 2.24) is 14.8 Å². The summed E-state index contributed by atoms with van der Waals surface area (Å²) in [5, 5.41) is 0. The number of hydrogen-bond acceptors (Lipinski definition) is 3. The van der Waals surface area contributed by atoms with Crippen molar-refractivity contribution in [2.24, 2.45) is 0 Å². The van der Waals surface area contributed by atoms with Crippen molar-refractivity contribution >= 4 is 5.91 Å². The predicted octanol–water partition coefficient (Wildman–Crippen LogP) is 2.86. The van der Waals surface area contributed by atoms with E-state index in [1.165, 1.54) is 12.1 Å². The van der Waals surface area contributed by atoms with Crippen molar-refractivity contribution in [3.8, 4) is 0 Å². The maximum absolute atomic E-state index is 13.3. The Balaban J connectivity index is 1.83. The van der Waals surface area contributed by atoms with Gasteiger partial charge in [-0.2, -0.15) is 0 Å². The van der Waals surface area contributed by atoms with Crippen molar-refractivity contribution in [2.45, 2.75) is 24.9 Å². The number of aromatic nitrogens is 1. The molecule has 24 heavy (non-hydrogen) atoms. The first-order valence-corrected chi connectivity index (χ1v) is 8.17. The van der Waals surface area contributed by atoms with Gasteiger partial charge in [-0.1, -0.05) is 18.2 Å². The predicted molar refractivity (Wildman–Crippen MR) is 90.9 cm³/mol. The fourth-order valence-corrected chi connectivity index (χ4v) is 2.97. The molecule has 1 unspecified atom stereocenters. The van der Waals surface area contributed by atoms with E-state index in [0.29, 0.717) is 12.6 Å². The molecule has 2 aromatic rings. The molecule has 0 N–H and O–H groups in total. The summed E-state index contributed by atoms with van der Waals surface area (Å²) < 4.78 is 13.3. The molecule has 0 aliphatic heterocycles. The van der Waals surface area contributed by atoms with E-state index >= 15 is 0 Å². The molecule has 4 nitrogen and oxygen atoms in total. The Bertz CT molecular complexity index is 686. The molecule has 0 bridgehead atoms. The summed E-state index contributed by atoms with van der Waals surface area (Å²) in [6.07, 6.45) is 5.70. The van der Waals surface area contributed by atoms with Gasteiger partial charge in [0.25, 0.3) is 0 Å². The van der Waals surface area contributed by atoms with Crippen LogP contribution in [0.3, 0.4) is 0 Å². The minimum absolute atomic E-state index is 0.107. The zero-order valence-corrected chi connectivity index (χ0v) is 14.0. The topological polar surface area (TPSA) is 36.4 Å². The lowest BCUT2D eigenvalue weighted by molar-refractivity contribution is -0.131. The largest absolute Gasteiger partial charge is 0.342 e. The third-order valence-corrected chi connectivity index (χ3v) is 4.50. The lowest BCUT2D eigenvalue weighted by Gasteiger charge is -2.30. The van der Waals surface area contributed by atoms with Crippen LogP contribution in [0.2, 0.25) is 0 Å². The zero-order chi connectivity index (χ0) is 17.1. The second kappa shape index (κ2) is 7.09. The van der Waals surface area contributed by atoms with Gasteiger partial charge in [-0.05, 0) is 49.2 Å². The van der Waals surface area contributed by atoms with E-state index in [2.05, 4.69) is 4.98 Å². The van der Waals surface area contributed by atoms with Gasteiger partial charge < -0.3 is 4.90 Å². The number of likely N-dealkylation sites (N-methyl/N-ethyl adjacent to an activating group) is 2. The average molecular weight is 327 g/mol. The summed E-state index contributed by atoms with van der Waals surface area (Å²) in [6.45, 7) is 0.309. The third-order valence-electron chi connectivity index (χ3n) is 4.50. The monoisotopic (exact) mass is 327 g/mol. The SMILES string of the molecule is CN(CC(=O)N(C)C1CC1)C(c1ccc(F)cc1)c1cccnc1. The Kier molecular flexibility index (Phi) is 4.90. The van der Waals surface area contributed by atoms with E-state index in [0.717, 1.165) is 24.0 Å². The van der Waals surface area contributed by atoms with Crippen molar-refractivity contribution in [1.29, 1.82) is 0 Å². The lowest BCUT2D eigenvalue weighted by Crippen LogP contribution is -2.39. The van der Waals surface area contributed by atoms with Gasteiger partial charge >= 0.3 is 0 Å². The van der Waals surface area contributed by atoms with Gasteiger partial charge in [0.1, 0.15) is 5.82 Å². The highest BCUT2D eigenvalue weighted by Gasteiger charge is 2.31. The second-order valence-electron chi connectivity index (χ2n) is 6.39. The quantitative estimate of drug-likeness (QED) is 0.818. The Morgan fingerprint density at radius 3 is 2.50 bits per heavy atom. The van der Waals surface area contributed by atoms with Crippen LogP contribution in [0.1, 0.15) is 30.0 Å². The Morgan fingerprint density at radius 2 is 1.92 bits per heavy atom. The van der Waals surface area contributed by atoms with Crippen LogP contribution in [-0.4, -0.2) is 47.4 Å². The fourth-order valence-electron chi connectivity index (χ4n) is 2.97. The van der Waals surface area contributed by atoms with Crippen LogP contribution in [0.25, 0.3) is 0 Å². The molecule has 1 heterocycles. The van der Waals surface area contributed by atoms with Crippen molar-refractivity contribution < 1.29 is 9.18 Å². The smallest absolute Gasteiger partial charge is 0.236 e. The molecule has 0 saturated heterocycles. The van der Waals surface area contributed by atoms with Gasteiger partial charge in [0.15, 0.2) is 0 Å². The zero-order valence-electron chi connectivity index (χ0n) is 14.0. The van der Waals surface area contributed by atoms with Crippen molar-refractivity contribution in [3.63, 3.8) is 0 Å². The van der Waals surface area contributed by atoms with Gasteiger partial charge in [-0.3, -0.25) is 14.7 Å².